The molecule has 0 N–H and O–H groups in total. The zero-order valence-corrected chi connectivity index (χ0v) is 10.00. The summed E-state index contributed by atoms with van der Waals surface area (Å²) in [5.41, 5.74) is 0. The molecule has 0 rings (SSSR count). The lowest BCUT2D eigenvalue weighted by Crippen LogP contribution is -1.72. The van der Waals surface area contributed by atoms with E-state index in [0.717, 1.165) is 6.42 Å². The molecule has 0 radical (unpaired) electrons. The summed E-state index contributed by atoms with van der Waals surface area (Å²) in [6, 6.07) is 0. The Bertz CT molecular complexity index is 255. The van der Waals surface area contributed by atoms with Crippen LogP contribution in [0.15, 0.2) is 36.5 Å². The fourth-order valence-electron chi connectivity index (χ4n) is 1.14. The fraction of sp³-hybridized carbons (Fsp3) is 0.467. The van der Waals surface area contributed by atoms with E-state index < -0.39 is 0 Å². The van der Waals surface area contributed by atoms with Crippen molar-refractivity contribution < 1.29 is 0 Å². The van der Waals surface area contributed by atoms with Gasteiger partial charge in [0.05, 0.1) is 0 Å². The summed E-state index contributed by atoms with van der Waals surface area (Å²) >= 11 is 0. The Labute approximate surface area is 94.8 Å². The molecule has 0 aromatic carbocycles. The molecule has 0 atom stereocenters. The van der Waals surface area contributed by atoms with Gasteiger partial charge in [-0.2, -0.15) is 0 Å². The van der Waals surface area contributed by atoms with Gasteiger partial charge < -0.3 is 0 Å². The Morgan fingerprint density at radius 3 is 2.47 bits per heavy atom. The smallest absolute Gasteiger partial charge is 0.0115 e. The van der Waals surface area contributed by atoms with E-state index >= 15 is 0 Å². The van der Waals surface area contributed by atoms with Crippen LogP contribution in [0.2, 0.25) is 0 Å². The van der Waals surface area contributed by atoms with Crippen molar-refractivity contribution in [1.29, 1.82) is 0 Å². The van der Waals surface area contributed by atoms with E-state index in [1.165, 1.54) is 25.7 Å². The molecule has 0 amide bonds. The lowest BCUT2D eigenvalue weighted by Gasteiger charge is -1.92. The molecule has 0 heterocycles. The second-order valence-corrected chi connectivity index (χ2v) is 3.43. The summed E-state index contributed by atoms with van der Waals surface area (Å²) < 4.78 is 0. The van der Waals surface area contributed by atoms with Gasteiger partial charge in [0.2, 0.25) is 0 Å². The first-order chi connectivity index (χ1) is 7.41. The summed E-state index contributed by atoms with van der Waals surface area (Å²) in [6.07, 6.45) is 18.3. The van der Waals surface area contributed by atoms with E-state index in [2.05, 4.69) is 24.8 Å². The monoisotopic (exact) mass is 202 g/mol. The van der Waals surface area contributed by atoms with Crippen molar-refractivity contribution in [2.75, 3.05) is 0 Å². The molecule has 0 unspecified atom stereocenters. The Hall–Kier alpha value is -1.22. The number of hydrogen-bond donors (Lipinski definition) is 0. The molecule has 0 saturated carbocycles. The number of rotatable bonds is 6. The van der Waals surface area contributed by atoms with Crippen LogP contribution in [0, 0.1) is 11.8 Å². The summed E-state index contributed by atoms with van der Waals surface area (Å²) in [6.45, 7) is 4.23. The summed E-state index contributed by atoms with van der Waals surface area (Å²) in [5.74, 6) is 5.94. The number of unbranched alkanes of at least 4 members (excludes halogenated alkanes) is 4. The van der Waals surface area contributed by atoms with E-state index in [1.54, 1.807) is 0 Å². The highest BCUT2D eigenvalue weighted by atomic mass is 13.9. The first-order valence-electron chi connectivity index (χ1n) is 5.85. The maximum Gasteiger partial charge on any atom is -0.0115 e. The highest BCUT2D eigenvalue weighted by molar-refractivity contribution is 5.25. The fourth-order valence-corrected chi connectivity index (χ4v) is 1.14. The molecule has 0 fully saturated rings. The van der Waals surface area contributed by atoms with Crippen LogP contribution in [0.25, 0.3) is 0 Å². The van der Waals surface area contributed by atoms with Gasteiger partial charge in [0.15, 0.2) is 0 Å². The molecule has 0 nitrogen and oxygen atoms in total. The van der Waals surface area contributed by atoms with Crippen LogP contribution in [-0.2, 0) is 0 Å². The van der Waals surface area contributed by atoms with Crippen LogP contribution in [0.3, 0.4) is 0 Å². The Morgan fingerprint density at radius 1 is 0.933 bits per heavy atom. The van der Waals surface area contributed by atoms with Gasteiger partial charge in [-0.3, -0.25) is 0 Å². The van der Waals surface area contributed by atoms with Crippen LogP contribution in [0.1, 0.15) is 46.0 Å². The summed E-state index contributed by atoms with van der Waals surface area (Å²) in [5, 5.41) is 0. The van der Waals surface area contributed by atoms with Crippen LogP contribution in [0.5, 0.6) is 0 Å². The lowest BCUT2D eigenvalue weighted by atomic mass is 10.1. The average molecular weight is 202 g/mol. The van der Waals surface area contributed by atoms with Crippen LogP contribution < -0.4 is 0 Å². The minimum atomic E-state index is 1.16. The van der Waals surface area contributed by atoms with Gasteiger partial charge in [-0.05, 0) is 31.9 Å². The SMILES string of the molecule is C/C=C/C=C/C#C/C=C/CCCCCC. The van der Waals surface area contributed by atoms with Crippen molar-refractivity contribution in [3.63, 3.8) is 0 Å². The third kappa shape index (κ3) is 12.8. The van der Waals surface area contributed by atoms with Gasteiger partial charge >= 0.3 is 0 Å². The zero-order chi connectivity index (χ0) is 11.2. The van der Waals surface area contributed by atoms with Gasteiger partial charge in [-0.1, -0.05) is 62.3 Å². The second kappa shape index (κ2) is 12.8. The molecule has 0 aliphatic rings. The highest BCUT2D eigenvalue weighted by Gasteiger charge is 1.82. The van der Waals surface area contributed by atoms with E-state index in [4.69, 9.17) is 0 Å². The van der Waals surface area contributed by atoms with Crippen molar-refractivity contribution in [2.45, 2.75) is 46.0 Å². The third-order valence-corrected chi connectivity index (χ3v) is 1.99. The molecular weight excluding hydrogens is 180 g/mol. The molecule has 0 aliphatic heterocycles. The third-order valence-electron chi connectivity index (χ3n) is 1.99. The Kier molecular flexibility index (Phi) is 11.7. The molecule has 82 valence electrons. The normalized spacial score (nSPS) is 11.3. The molecule has 0 spiro atoms. The van der Waals surface area contributed by atoms with E-state index in [1.807, 2.05) is 37.3 Å². The average Bonchev–Trinajstić information content (AvgIpc) is 2.26. The molecule has 0 saturated heterocycles. The lowest BCUT2D eigenvalue weighted by molar-refractivity contribution is 0.674. The standard InChI is InChI=1S/C15H22/c1-3-5-7-9-11-13-15-14-12-10-8-6-4-2/h3,5,7,9,14-15H,4,6,8,10,12H2,1-2H3/b5-3+,9-7+,15-14+. The predicted molar refractivity (Wildman–Crippen MR) is 69.6 cm³/mol. The molecule has 0 aromatic heterocycles. The summed E-state index contributed by atoms with van der Waals surface area (Å²) in [4.78, 5) is 0. The van der Waals surface area contributed by atoms with Crippen molar-refractivity contribution in [3.8, 4) is 11.8 Å². The van der Waals surface area contributed by atoms with Crippen molar-refractivity contribution in [3.05, 3.63) is 36.5 Å². The van der Waals surface area contributed by atoms with Gasteiger partial charge in [0.25, 0.3) is 0 Å². The molecule has 0 aromatic rings. The Morgan fingerprint density at radius 2 is 1.73 bits per heavy atom. The highest BCUT2D eigenvalue weighted by Crippen LogP contribution is 2.02. The number of allylic oxidation sites excluding steroid dienone is 6. The predicted octanol–water partition coefficient (Wildman–Crippen LogP) is 4.65. The largest absolute Gasteiger partial charge is 0.0876 e. The van der Waals surface area contributed by atoms with Gasteiger partial charge in [-0.25, -0.2) is 0 Å². The minimum absolute atomic E-state index is 1.16. The van der Waals surface area contributed by atoms with Crippen LogP contribution in [-0.4, -0.2) is 0 Å². The second-order valence-electron chi connectivity index (χ2n) is 3.43. The Balaban J connectivity index is 3.44. The van der Waals surface area contributed by atoms with Gasteiger partial charge in [0.1, 0.15) is 0 Å². The first kappa shape index (κ1) is 13.8. The molecule has 0 aliphatic carbocycles. The maximum absolute atomic E-state index is 2.98. The molecular formula is C15H22. The van der Waals surface area contributed by atoms with Crippen LogP contribution in [0.4, 0.5) is 0 Å². The quantitative estimate of drug-likeness (QED) is 0.334. The minimum Gasteiger partial charge on any atom is -0.0876 e. The molecule has 0 heteroatoms. The van der Waals surface area contributed by atoms with Gasteiger partial charge in [-0.15, -0.1) is 0 Å². The topological polar surface area (TPSA) is 0 Å². The van der Waals surface area contributed by atoms with Crippen molar-refractivity contribution >= 4 is 0 Å². The molecule has 0 bridgehead atoms. The van der Waals surface area contributed by atoms with Crippen LogP contribution >= 0.6 is 0 Å². The van der Waals surface area contributed by atoms with E-state index in [-0.39, 0.29) is 0 Å². The first-order valence-corrected chi connectivity index (χ1v) is 5.85. The maximum atomic E-state index is 2.98. The zero-order valence-electron chi connectivity index (χ0n) is 10.00. The van der Waals surface area contributed by atoms with Crippen molar-refractivity contribution in [2.24, 2.45) is 0 Å². The van der Waals surface area contributed by atoms with Crippen molar-refractivity contribution in [1.82, 2.24) is 0 Å². The number of hydrogen-bond acceptors (Lipinski definition) is 0. The van der Waals surface area contributed by atoms with E-state index in [9.17, 15) is 0 Å². The van der Waals surface area contributed by atoms with E-state index in [0.29, 0.717) is 0 Å². The molecule has 15 heavy (non-hydrogen) atoms. The summed E-state index contributed by atoms with van der Waals surface area (Å²) in [7, 11) is 0. The van der Waals surface area contributed by atoms with Gasteiger partial charge in [0, 0.05) is 0 Å².